The second-order valence-electron chi connectivity index (χ2n) is 6.30. The summed E-state index contributed by atoms with van der Waals surface area (Å²) in [5.74, 6) is 0.476. The van der Waals surface area contributed by atoms with Crippen LogP contribution in [-0.2, 0) is 10.0 Å². The highest BCUT2D eigenvalue weighted by molar-refractivity contribution is 7.89. The van der Waals surface area contributed by atoms with Crippen molar-refractivity contribution in [1.82, 2.24) is 9.62 Å². The minimum absolute atomic E-state index is 0.0549. The first-order valence-electron chi connectivity index (χ1n) is 8.23. The number of non-ortho nitro benzene ring substituents is 1. The van der Waals surface area contributed by atoms with Crippen LogP contribution in [0.5, 0.6) is 0 Å². The fourth-order valence-corrected chi connectivity index (χ4v) is 4.81. The Morgan fingerprint density at radius 3 is 2.46 bits per heavy atom. The van der Waals surface area contributed by atoms with Gasteiger partial charge in [-0.05, 0) is 56.8 Å². The lowest BCUT2D eigenvalue weighted by atomic mass is 9.98. The van der Waals surface area contributed by atoms with Gasteiger partial charge in [0.2, 0.25) is 10.0 Å². The highest BCUT2D eigenvalue weighted by atomic mass is 32.2. The fraction of sp³-hybridized carbons (Fsp3) is 0.625. The van der Waals surface area contributed by atoms with Crippen molar-refractivity contribution in [3.05, 3.63) is 33.4 Å². The third-order valence-electron chi connectivity index (χ3n) is 4.69. The molecule has 1 N–H and O–H groups in total. The molecule has 0 radical (unpaired) electrons. The van der Waals surface area contributed by atoms with Gasteiger partial charge in [-0.3, -0.25) is 10.1 Å². The second-order valence-corrected chi connectivity index (χ2v) is 8.20. The lowest BCUT2D eigenvalue weighted by Crippen LogP contribution is -2.41. The summed E-state index contributed by atoms with van der Waals surface area (Å²) in [6, 6.07) is 2.60. The number of hydrogen-bond donors (Lipinski definition) is 1. The van der Waals surface area contributed by atoms with Crippen LogP contribution in [0.3, 0.4) is 0 Å². The first-order valence-corrected chi connectivity index (χ1v) is 9.67. The number of rotatable bonds is 6. The largest absolute Gasteiger partial charge is 0.317 e. The molecule has 7 nitrogen and oxygen atoms in total. The predicted octanol–water partition coefficient (Wildman–Crippen LogP) is 2.22. The van der Waals surface area contributed by atoms with E-state index >= 15 is 0 Å². The Hall–Kier alpha value is -1.51. The van der Waals surface area contributed by atoms with Gasteiger partial charge in [0, 0.05) is 25.2 Å². The molecule has 1 aliphatic heterocycles. The van der Waals surface area contributed by atoms with Gasteiger partial charge in [-0.25, -0.2) is 8.42 Å². The van der Waals surface area contributed by atoms with Crippen LogP contribution >= 0.6 is 0 Å². The molecule has 134 valence electrons. The Kier molecular flexibility index (Phi) is 5.95. The van der Waals surface area contributed by atoms with Crippen LogP contribution in [-0.4, -0.2) is 43.8 Å². The van der Waals surface area contributed by atoms with Crippen LogP contribution in [0.25, 0.3) is 0 Å². The summed E-state index contributed by atoms with van der Waals surface area (Å²) in [6.07, 6.45) is 1.61. The van der Waals surface area contributed by atoms with E-state index in [0.29, 0.717) is 30.1 Å². The van der Waals surface area contributed by atoms with Gasteiger partial charge in [0.15, 0.2) is 0 Å². The molecule has 1 heterocycles. The summed E-state index contributed by atoms with van der Waals surface area (Å²) in [5, 5.41) is 14.4. The number of nitrogens with one attached hydrogen (secondary N) is 1. The lowest BCUT2D eigenvalue weighted by Gasteiger charge is -2.31. The normalized spacial score (nSPS) is 17.1. The molecule has 0 aliphatic carbocycles. The molecule has 0 spiro atoms. The first-order chi connectivity index (χ1) is 11.3. The Morgan fingerprint density at radius 1 is 1.29 bits per heavy atom. The molecule has 0 saturated carbocycles. The highest BCUT2D eigenvalue weighted by Gasteiger charge is 2.31. The molecule has 0 amide bonds. The van der Waals surface area contributed by atoms with Crippen molar-refractivity contribution in [1.29, 1.82) is 0 Å². The zero-order valence-electron chi connectivity index (χ0n) is 14.4. The summed E-state index contributed by atoms with van der Waals surface area (Å²) in [5.41, 5.74) is 1.01. The third-order valence-corrected chi connectivity index (χ3v) is 6.71. The van der Waals surface area contributed by atoms with Crippen molar-refractivity contribution in [3.8, 4) is 0 Å². The van der Waals surface area contributed by atoms with Gasteiger partial charge in [0.1, 0.15) is 0 Å². The van der Waals surface area contributed by atoms with E-state index in [2.05, 4.69) is 5.32 Å². The fourth-order valence-electron chi connectivity index (χ4n) is 3.02. The number of sulfonamides is 1. The molecular weight excluding hydrogens is 330 g/mol. The first kappa shape index (κ1) is 18.8. The number of piperidine rings is 1. The maximum absolute atomic E-state index is 12.9. The molecule has 0 aromatic heterocycles. The highest BCUT2D eigenvalue weighted by Crippen LogP contribution is 2.30. The number of nitro benzene ring substituents is 1. The third kappa shape index (κ3) is 3.93. The maximum atomic E-state index is 12.9. The van der Waals surface area contributed by atoms with Crippen molar-refractivity contribution in [2.24, 2.45) is 5.92 Å². The minimum Gasteiger partial charge on any atom is -0.317 e. The van der Waals surface area contributed by atoms with Crippen molar-refractivity contribution in [2.45, 2.75) is 38.5 Å². The van der Waals surface area contributed by atoms with E-state index in [1.54, 1.807) is 13.8 Å². The Balaban J connectivity index is 2.24. The van der Waals surface area contributed by atoms with E-state index in [-0.39, 0.29) is 10.6 Å². The van der Waals surface area contributed by atoms with E-state index in [1.807, 2.05) is 6.92 Å². The van der Waals surface area contributed by atoms with Gasteiger partial charge in [-0.2, -0.15) is 4.31 Å². The molecule has 1 fully saturated rings. The molecule has 0 atom stereocenters. The van der Waals surface area contributed by atoms with Crippen molar-refractivity contribution in [2.75, 3.05) is 26.2 Å². The van der Waals surface area contributed by atoms with Crippen LogP contribution in [0.4, 0.5) is 5.69 Å². The molecule has 24 heavy (non-hydrogen) atoms. The van der Waals surface area contributed by atoms with Gasteiger partial charge < -0.3 is 5.32 Å². The van der Waals surface area contributed by atoms with E-state index in [0.717, 1.165) is 25.9 Å². The molecule has 1 aromatic carbocycles. The Labute approximate surface area is 143 Å². The topological polar surface area (TPSA) is 92.6 Å². The summed E-state index contributed by atoms with van der Waals surface area (Å²) >= 11 is 0. The number of hydrogen-bond acceptors (Lipinski definition) is 5. The van der Waals surface area contributed by atoms with Crippen LogP contribution in [0.2, 0.25) is 0 Å². The molecular formula is C16H25N3O4S. The smallest absolute Gasteiger partial charge is 0.271 e. The molecule has 1 aromatic rings. The zero-order valence-corrected chi connectivity index (χ0v) is 15.2. The number of benzene rings is 1. The van der Waals surface area contributed by atoms with Crippen LogP contribution in [0.15, 0.2) is 17.0 Å². The van der Waals surface area contributed by atoms with Crippen LogP contribution in [0, 0.1) is 29.9 Å². The summed E-state index contributed by atoms with van der Waals surface area (Å²) < 4.78 is 27.3. The molecule has 1 saturated heterocycles. The lowest BCUT2D eigenvalue weighted by molar-refractivity contribution is -0.385. The van der Waals surface area contributed by atoms with Gasteiger partial charge in [-0.15, -0.1) is 0 Å². The quantitative estimate of drug-likeness (QED) is 0.624. The number of nitrogens with zero attached hydrogens (tertiary/aromatic N) is 2. The van der Waals surface area contributed by atoms with E-state index in [1.165, 1.54) is 16.4 Å². The zero-order chi connectivity index (χ0) is 17.9. The summed E-state index contributed by atoms with van der Waals surface area (Å²) in [7, 11) is -3.71. The summed E-state index contributed by atoms with van der Waals surface area (Å²) in [6.45, 7) is 8.17. The van der Waals surface area contributed by atoms with Crippen molar-refractivity contribution in [3.63, 3.8) is 0 Å². The van der Waals surface area contributed by atoms with E-state index in [4.69, 9.17) is 0 Å². The van der Waals surface area contributed by atoms with Crippen LogP contribution in [0.1, 0.15) is 30.9 Å². The predicted molar refractivity (Wildman–Crippen MR) is 92.6 cm³/mol. The van der Waals surface area contributed by atoms with Gasteiger partial charge in [0.25, 0.3) is 5.69 Å². The number of aryl methyl sites for hydroxylation is 1. The molecule has 0 bridgehead atoms. The summed E-state index contributed by atoms with van der Waals surface area (Å²) in [4.78, 5) is 10.6. The average molecular weight is 355 g/mol. The van der Waals surface area contributed by atoms with Gasteiger partial charge >= 0.3 is 0 Å². The number of nitro groups is 1. The van der Waals surface area contributed by atoms with Crippen molar-refractivity contribution >= 4 is 15.7 Å². The van der Waals surface area contributed by atoms with Gasteiger partial charge in [-0.1, -0.05) is 6.92 Å². The molecule has 0 unspecified atom stereocenters. The molecule has 2 rings (SSSR count). The Bertz CT molecular complexity index is 710. The van der Waals surface area contributed by atoms with Crippen molar-refractivity contribution < 1.29 is 13.3 Å². The van der Waals surface area contributed by atoms with E-state index < -0.39 is 14.9 Å². The van der Waals surface area contributed by atoms with Gasteiger partial charge in [0.05, 0.1) is 9.82 Å². The van der Waals surface area contributed by atoms with E-state index in [9.17, 15) is 18.5 Å². The monoisotopic (exact) mass is 355 g/mol. The molecule has 8 heteroatoms. The SMILES string of the molecule is CCNCC1CCN(S(=O)(=O)c2cc([N+](=O)[O-])cc(C)c2C)CC1. The standard InChI is InChI=1S/C16H25N3O4S/c1-4-17-11-14-5-7-18(8-6-14)24(22,23)16-10-15(19(20)21)9-12(2)13(16)3/h9-10,14,17H,4-8,11H2,1-3H3. The average Bonchev–Trinajstić information content (AvgIpc) is 2.55. The van der Waals surface area contributed by atoms with Crippen LogP contribution < -0.4 is 5.32 Å². The second kappa shape index (κ2) is 7.58. The Morgan fingerprint density at radius 2 is 1.92 bits per heavy atom. The maximum Gasteiger partial charge on any atom is 0.271 e. The minimum atomic E-state index is -3.71. The molecule has 1 aliphatic rings.